The van der Waals surface area contributed by atoms with Crippen molar-refractivity contribution in [3.63, 3.8) is 0 Å². The zero-order valence-electron chi connectivity index (χ0n) is 9.87. The Bertz CT molecular complexity index is 453. The fourth-order valence-electron chi connectivity index (χ4n) is 1.90. The van der Waals surface area contributed by atoms with Crippen LogP contribution in [0, 0.1) is 0 Å². The standard InChI is InChI=1S/C14H15Br2P/c1-17(2,13-7-3-11(15)4-8-13)14-9-5-12(16)6-10-14/h3-10,17H,1-2H3. The zero-order chi connectivity index (χ0) is 12.5. The molecule has 3 heteroatoms. The average molecular weight is 374 g/mol. The quantitative estimate of drug-likeness (QED) is 0.693. The molecule has 0 heterocycles. The molecule has 0 aromatic heterocycles. The molecule has 0 saturated carbocycles. The van der Waals surface area contributed by atoms with E-state index in [2.05, 4.69) is 93.7 Å². The van der Waals surface area contributed by atoms with Crippen LogP contribution < -0.4 is 10.6 Å². The van der Waals surface area contributed by atoms with Gasteiger partial charge in [-0.05, 0) is 0 Å². The van der Waals surface area contributed by atoms with E-state index in [9.17, 15) is 0 Å². The third kappa shape index (κ3) is 2.99. The molecule has 0 atom stereocenters. The van der Waals surface area contributed by atoms with Crippen LogP contribution in [0.25, 0.3) is 0 Å². The zero-order valence-corrected chi connectivity index (χ0v) is 14.0. The third-order valence-corrected chi connectivity index (χ3v) is 7.74. The van der Waals surface area contributed by atoms with Gasteiger partial charge in [0.1, 0.15) is 0 Å². The summed E-state index contributed by atoms with van der Waals surface area (Å²) in [5, 5.41) is 2.92. The van der Waals surface area contributed by atoms with Crippen molar-refractivity contribution in [2.75, 3.05) is 13.3 Å². The van der Waals surface area contributed by atoms with E-state index in [1.54, 1.807) is 0 Å². The van der Waals surface area contributed by atoms with Crippen molar-refractivity contribution in [2.24, 2.45) is 0 Å². The molecule has 0 aliphatic carbocycles. The van der Waals surface area contributed by atoms with E-state index in [0.29, 0.717) is 0 Å². The van der Waals surface area contributed by atoms with E-state index in [4.69, 9.17) is 0 Å². The van der Waals surface area contributed by atoms with E-state index in [1.165, 1.54) is 10.6 Å². The molecule has 0 N–H and O–H groups in total. The fourth-order valence-corrected chi connectivity index (χ4v) is 4.76. The minimum atomic E-state index is -1.54. The van der Waals surface area contributed by atoms with Gasteiger partial charge in [-0.2, -0.15) is 0 Å². The first-order valence-corrected chi connectivity index (χ1v) is 10.1. The molecule has 2 aromatic carbocycles. The summed E-state index contributed by atoms with van der Waals surface area (Å²) in [5.41, 5.74) is 0. The van der Waals surface area contributed by atoms with Crippen molar-refractivity contribution in [3.8, 4) is 0 Å². The Morgan fingerprint density at radius 2 is 0.941 bits per heavy atom. The van der Waals surface area contributed by atoms with Gasteiger partial charge in [0.25, 0.3) is 0 Å². The summed E-state index contributed by atoms with van der Waals surface area (Å²) in [6.45, 7) is 4.78. The van der Waals surface area contributed by atoms with E-state index in [1.807, 2.05) is 0 Å². The van der Waals surface area contributed by atoms with E-state index < -0.39 is 7.26 Å². The monoisotopic (exact) mass is 372 g/mol. The Balaban J connectivity index is 2.41. The first-order valence-electron chi connectivity index (χ1n) is 5.52. The molecule has 0 fully saturated rings. The average Bonchev–Trinajstić information content (AvgIpc) is 2.30. The molecular weight excluding hydrogens is 359 g/mol. The molecule has 0 saturated heterocycles. The summed E-state index contributed by atoms with van der Waals surface area (Å²) in [5.74, 6) is 0. The van der Waals surface area contributed by atoms with Crippen LogP contribution in [0.4, 0.5) is 0 Å². The summed E-state index contributed by atoms with van der Waals surface area (Å²) < 4.78 is 2.28. The van der Waals surface area contributed by atoms with Gasteiger partial charge in [0.15, 0.2) is 0 Å². The number of halogens is 2. The second-order valence-electron chi connectivity index (χ2n) is 4.64. The summed E-state index contributed by atoms with van der Waals surface area (Å²) in [7, 11) is -1.54. The second-order valence-corrected chi connectivity index (χ2v) is 10.9. The van der Waals surface area contributed by atoms with Gasteiger partial charge in [-0.1, -0.05) is 0 Å². The number of benzene rings is 2. The van der Waals surface area contributed by atoms with Crippen LogP contribution in [0.5, 0.6) is 0 Å². The topological polar surface area (TPSA) is 0 Å². The predicted octanol–water partition coefficient (Wildman–Crippen LogP) is 4.17. The molecule has 0 radical (unpaired) electrons. The molecule has 2 rings (SSSR count). The molecule has 0 bridgehead atoms. The van der Waals surface area contributed by atoms with Crippen molar-refractivity contribution < 1.29 is 0 Å². The Hall–Kier alpha value is -0.170. The van der Waals surface area contributed by atoms with Crippen LogP contribution in [-0.2, 0) is 0 Å². The molecular formula is C14H15Br2P. The summed E-state index contributed by atoms with van der Waals surface area (Å²) in [4.78, 5) is 0. The molecule has 2 aromatic rings. The Morgan fingerprint density at radius 3 is 1.24 bits per heavy atom. The number of hydrogen-bond acceptors (Lipinski definition) is 0. The van der Waals surface area contributed by atoms with Gasteiger partial charge >= 0.3 is 121 Å². The minimum absolute atomic E-state index is 1.14. The normalized spacial score (nSPS) is 12.5. The molecule has 0 nitrogen and oxygen atoms in total. The van der Waals surface area contributed by atoms with Gasteiger partial charge in [0.05, 0.1) is 0 Å². The van der Waals surface area contributed by atoms with Gasteiger partial charge in [-0.25, -0.2) is 0 Å². The van der Waals surface area contributed by atoms with Crippen LogP contribution in [-0.4, -0.2) is 13.3 Å². The number of rotatable bonds is 2. The Kier molecular flexibility index (Phi) is 4.07. The van der Waals surface area contributed by atoms with E-state index in [0.717, 1.165) is 8.95 Å². The van der Waals surface area contributed by atoms with Crippen LogP contribution in [0.1, 0.15) is 0 Å². The molecule has 0 amide bonds. The summed E-state index contributed by atoms with van der Waals surface area (Å²) in [6, 6.07) is 17.4. The molecule has 0 unspecified atom stereocenters. The van der Waals surface area contributed by atoms with Gasteiger partial charge in [0.2, 0.25) is 0 Å². The van der Waals surface area contributed by atoms with E-state index >= 15 is 0 Å². The Labute approximate surface area is 120 Å². The van der Waals surface area contributed by atoms with E-state index in [-0.39, 0.29) is 0 Å². The van der Waals surface area contributed by atoms with Crippen molar-refractivity contribution in [1.29, 1.82) is 0 Å². The Morgan fingerprint density at radius 1 is 0.647 bits per heavy atom. The van der Waals surface area contributed by atoms with Crippen LogP contribution in [0.15, 0.2) is 57.5 Å². The van der Waals surface area contributed by atoms with Crippen LogP contribution >= 0.6 is 39.1 Å². The number of hydrogen-bond donors (Lipinski definition) is 0. The summed E-state index contributed by atoms with van der Waals surface area (Å²) in [6.07, 6.45) is 0. The second kappa shape index (κ2) is 5.22. The SMILES string of the molecule is C[PH](C)(c1ccc(Br)cc1)c1ccc(Br)cc1. The van der Waals surface area contributed by atoms with Crippen LogP contribution in [0.2, 0.25) is 0 Å². The predicted molar refractivity (Wildman–Crippen MR) is 87.7 cm³/mol. The molecule has 0 aliphatic rings. The van der Waals surface area contributed by atoms with Gasteiger partial charge < -0.3 is 0 Å². The van der Waals surface area contributed by atoms with Gasteiger partial charge in [0, 0.05) is 0 Å². The van der Waals surface area contributed by atoms with Crippen molar-refractivity contribution >= 4 is 49.7 Å². The first-order chi connectivity index (χ1) is 8.00. The fraction of sp³-hybridized carbons (Fsp3) is 0.143. The molecule has 0 aliphatic heterocycles. The van der Waals surface area contributed by atoms with Gasteiger partial charge in [-0.15, -0.1) is 0 Å². The maximum absolute atomic E-state index is 3.49. The van der Waals surface area contributed by atoms with Gasteiger partial charge in [-0.3, -0.25) is 0 Å². The van der Waals surface area contributed by atoms with Crippen molar-refractivity contribution in [2.45, 2.75) is 0 Å². The van der Waals surface area contributed by atoms with Crippen molar-refractivity contribution in [3.05, 3.63) is 57.5 Å². The molecule has 17 heavy (non-hydrogen) atoms. The first kappa shape index (κ1) is 13.3. The molecule has 0 spiro atoms. The third-order valence-electron chi connectivity index (χ3n) is 3.13. The molecule has 90 valence electrons. The van der Waals surface area contributed by atoms with Crippen molar-refractivity contribution in [1.82, 2.24) is 0 Å². The maximum atomic E-state index is 3.49. The summed E-state index contributed by atoms with van der Waals surface area (Å²) >= 11 is 6.97. The van der Waals surface area contributed by atoms with Crippen LogP contribution in [0.3, 0.4) is 0 Å².